The van der Waals surface area contributed by atoms with Crippen LogP contribution in [0.5, 0.6) is 0 Å². The molecule has 2 heterocycles. The lowest BCUT2D eigenvalue weighted by atomic mass is 10.2. The summed E-state index contributed by atoms with van der Waals surface area (Å²) in [5.74, 6) is -0.193. The van der Waals surface area contributed by atoms with Gasteiger partial charge in [-0.15, -0.1) is 0 Å². The topological polar surface area (TPSA) is 54.9 Å². The van der Waals surface area contributed by atoms with E-state index in [0.29, 0.717) is 15.9 Å². The number of aromatic nitrogens is 2. The molecule has 0 aliphatic carbocycles. The minimum atomic E-state index is -0.193. The van der Waals surface area contributed by atoms with E-state index >= 15 is 0 Å². The average Bonchev–Trinajstić information content (AvgIpc) is 2.33. The number of carbonyl (C=O) groups excluding carboxylic acids is 1. The minimum Gasteiger partial charge on any atom is -0.320 e. The number of amides is 1. The van der Waals surface area contributed by atoms with Gasteiger partial charge in [-0.25, -0.2) is 4.98 Å². The fourth-order valence-electron chi connectivity index (χ4n) is 1.32. The molecule has 17 heavy (non-hydrogen) atoms. The predicted molar refractivity (Wildman–Crippen MR) is 68.9 cm³/mol. The standard InChI is InChI=1S/C12H10BrN3O/c1-8-10(3-2-6-14-8)16-12(17)9-4-5-11(13)15-7-9/h2-7H,1H3,(H,16,17). The number of carbonyl (C=O) groups is 1. The van der Waals surface area contributed by atoms with Crippen LogP contribution in [-0.4, -0.2) is 15.9 Å². The van der Waals surface area contributed by atoms with E-state index in [1.54, 1.807) is 24.4 Å². The molecule has 0 saturated heterocycles. The van der Waals surface area contributed by atoms with E-state index in [-0.39, 0.29) is 5.91 Å². The van der Waals surface area contributed by atoms with Gasteiger partial charge in [0.2, 0.25) is 0 Å². The van der Waals surface area contributed by atoms with Crippen molar-refractivity contribution in [3.05, 3.63) is 52.5 Å². The molecule has 86 valence electrons. The maximum absolute atomic E-state index is 11.9. The van der Waals surface area contributed by atoms with Crippen molar-refractivity contribution in [2.24, 2.45) is 0 Å². The first kappa shape index (κ1) is 11.7. The Bertz CT molecular complexity index is 540. The van der Waals surface area contributed by atoms with Crippen LogP contribution in [0.2, 0.25) is 0 Å². The fraction of sp³-hybridized carbons (Fsp3) is 0.0833. The van der Waals surface area contributed by atoms with Gasteiger partial charge in [-0.2, -0.15) is 0 Å². The zero-order chi connectivity index (χ0) is 12.3. The van der Waals surface area contributed by atoms with Crippen molar-refractivity contribution >= 4 is 27.5 Å². The molecular formula is C12H10BrN3O. The Hall–Kier alpha value is -1.75. The largest absolute Gasteiger partial charge is 0.320 e. The van der Waals surface area contributed by atoms with Gasteiger partial charge in [-0.3, -0.25) is 9.78 Å². The number of pyridine rings is 2. The third-order valence-electron chi connectivity index (χ3n) is 2.24. The van der Waals surface area contributed by atoms with Crippen molar-refractivity contribution in [3.63, 3.8) is 0 Å². The van der Waals surface area contributed by atoms with Gasteiger partial charge in [-0.05, 0) is 47.1 Å². The first-order valence-corrected chi connectivity index (χ1v) is 5.80. The van der Waals surface area contributed by atoms with E-state index in [2.05, 4.69) is 31.2 Å². The summed E-state index contributed by atoms with van der Waals surface area (Å²) in [5, 5.41) is 2.79. The molecule has 1 N–H and O–H groups in total. The van der Waals surface area contributed by atoms with Crippen LogP contribution in [0.3, 0.4) is 0 Å². The highest BCUT2D eigenvalue weighted by molar-refractivity contribution is 9.10. The monoisotopic (exact) mass is 291 g/mol. The Morgan fingerprint density at radius 1 is 1.29 bits per heavy atom. The Labute approximate surface area is 107 Å². The highest BCUT2D eigenvalue weighted by Gasteiger charge is 2.07. The molecule has 5 heteroatoms. The second-order valence-corrected chi connectivity index (χ2v) is 4.27. The maximum atomic E-state index is 11.9. The van der Waals surface area contributed by atoms with E-state index in [1.807, 2.05) is 13.0 Å². The van der Waals surface area contributed by atoms with Crippen LogP contribution in [0.1, 0.15) is 16.1 Å². The highest BCUT2D eigenvalue weighted by Crippen LogP contribution is 2.13. The van der Waals surface area contributed by atoms with Gasteiger partial charge in [0, 0.05) is 12.4 Å². The number of nitrogens with zero attached hydrogens (tertiary/aromatic N) is 2. The molecule has 0 aromatic carbocycles. The first-order chi connectivity index (χ1) is 8.16. The summed E-state index contributed by atoms with van der Waals surface area (Å²) in [4.78, 5) is 20.0. The molecule has 2 aromatic heterocycles. The van der Waals surface area contributed by atoms with Crippen LogP contribution in [0.25, 0.3) is 0 Å². The normalized spacial score (nSPS) is 10.0. The number of hydrogen-bond donors (Lipinski definition) is 1. The molecule has 0 bridgehead atoms. The van der Waals surface area contributed by atoms with E-state index in [4.69, 9.17) is 0 Å². The second-order valence-electron chi connectivity index (χ2n) is 3.46. The van der Waals surface area contributed by atoms with Crippen LogP contribution < -0.4 is 5.32 Å². The van der Waals surface area contributed by atoms with Gasteiger partial charge in [0.15, 0.2) is 0 Å². The zero-order valence-corrected chi connectivity index (χ0v) is 10.7. The first-order valence-electron chi connectivity index (χ1n) is 5.01. The number of aryl methyl sites for hydroxylation is 1. The lowest BCUT2D eigenvalue weighted by molar-refractivity contribution is 0.102. The minimum absolute atomic E-state index is 0.193. The van der Waals surface area contributed by atoms with Crippen molar-refractivity contribution < 1.29 is 4.79 Å². The van der Waals surface area contributed by atoms with Crippen molar-refractivity contribution in [1.82, 2.24) is 9.97 Å². The predicted octanol–water partition coefficient (Wildman–Crippen LogP) is 2.80. The van der Waals surface area contributed by atoms with E-state index in [9.17, 15) is 4.79 Å². The highest BCUT2D eigenvalue weighted by atomic mass is 79.9. The van der Waals surface area contributed by atoms with Gasteiger partial charge in [0.1, 0.15) is 4.60 Å². The molecule has 4 nitrogen and oxygen atoms in total. The van der Waals surface area contributed by atoms with Crippen LogP contribution in [0, 0.1) is 6.92 Å². The summed E-state index contributed by atoms with van der Waals surface area (Å²) in [5.41, 5.74) is 2.00. The quantitative estimate of drug-likeness (QED) is 0.866. The number of rotatable bonds is 2. The molecule has 0 radical (unpaired) electrons. The van der Waals surface area contributed by atoms with Gasteiger partial charge in [0.25, 0.3) is 5.91 Å². The molecule has 0 unspecified atom stereocenters. The average molecular weight is 292 g/mol. The van der Waals surface area contributed by atoms with Crippen molar-refractivity contribution in [2.45, 2.75) is 6.92 Å². The van der Waals surface area contributed by atoms with Gasteiger partial charge < -0.3 is 5.32 Å². The Morgan fingerprint density at radius 3 is 2.76 bits per heavy atom. The molecule has 1 amide bonds. The smallest absolute Gasteiger partial charge is 0.257 e. The SMILES string of the molecule is Cc1ncccc1NC(=O)c1ccc(Br)nc1. The van der Waals surface area contributed by atoms with E-state index < -0.39 is 0 Å². The Morgan fingerprint density at radius 2 is 2.12 bits per heavy atom. The van der Waals surface area contributed by atoms with Crippen molar-refractivity contribution in [2.75, 3.05) is 5.32 Å². The summed E-state index contributed by atoms with van der Waals surface area (Å²) in [6.45, 7) is 1.84. The van der Waals surface area contributed by atoms with Crippen LogP contribution in [0.4, 0.5) is 5.69 Å². The fourth-order valence-corrected chi connectivity index (χ4v) is 1.56. The van der Waals surface area contributed by atoms with Gasteiger partial charge >= 0.3 is 0 Å². The van der Waals surface area contributed by atoms with Gasteiger partial charge in [-0.1, -0.05) is 0 Å². The van der Waals surface area contributed by atoms with Crippen molar-refractivity contribution in [1.29, 1.82) is 0 Å². The molecule has 0 saturated carbocycles. The molecule has 2 aromatic rings. The molecular weight excluding hydrogens is 282 g/mol. The van der Waals surface area contributed by atoms with E-state index in [0.717, 1.165) is 5.69 Å². The van der Waals surface area contributed by atoms with Crippen LogP contribution >= 0.6 is 15.9 Å². The van der Waals surface area contributed by atoms with E-state index in [1.165, 1.54) is 6.20 Å². The molecule has 2 rings (SSSR count). The number of halogens is 1. The molecule has 0 fully saturated rings. The summed E-state index contributed by atoms with van der Waals surface area (Å²) in [6, 6.07) is 7.03. The van der Waals surface area contributed by atoms with Crippen LogP contribution in [-0.2, 0) is 0 Å². The zero-order valence-electron chi connectivity index (χ0n) is 9.14. The van der Waals surface area contributed by atoms with Crippen LogP contribution in [0.15, 0.2) is 41.3 Å². The molecule has 0 aliphatic heterocycles. The maximum Gasteiger partial charge on any atom is 0.257 e. The lowest BCUT2D eigenvalue weighted by Gasteiger charge is -2.06. The molecule has 0 aliphatic rings. The molecule has 0 atom stereocenters. The summed E-state index contributed by atoms with van der Waals surface area (Å²) >= 11 is 3.22. The number of anilines is 1. The Balaban J connectivity index is 2.17. The number of nitrogens with one attached hydrogen (secondary N) is 1. The summed E-state index contributed by atoms with van der Waals surface area (Å²) in [7, 11) is 0. The third kappa shape index (κ3) is 2.88. The summed E-state index contributed by atoms with van der Waals surface area (Å²) in [6.07, 6.45) is 3.21. The third-order valence-corrected chi connectivity index (χ3v) is 2.71. The Kier molecular flexibility index (Phi) is 3.49. The second kappa shape index (κ2) is 5.05. The van der Waals surface area contributed by atoms with Gasteiger partial charge in [0.05, 0.1) is 16.9 Å². The summed E-state index contributed by atoms with van der Waals surface area (Å²) < 4.78 is 0.701. The van der Waals surface area contributed by atoms with Crippen molar-refractivity contribution in [3.8, 4) is 0 Å². The molecule has 0 spiro atoms. The number of hydrogen-bond acceptors (Lipinski definition) is 3. The lowest BCUT2D eigenvalue weighted by Crippen LogP contribution is -2.13.